The molecule has 0 aromatic heterocycles. The lowest BCUT2D eigenvalue weighted by Crippen LogP contribution is -2.58. The third kappa shape index (κ3) is 2.53. The first-order valence-corrected chi connectivity index (χ1v) is 6.49. The van der Waals surface area contributed by atoms with E-state index < -0.39 is 12.0 Å². The van der Waals surface area contributed by atoms with Crippen molar-refractivity contribution in [1.82, 2.24) is 4.90 Å². The Kier molecular flexibility index (Phi) is 3.42. The van der Waals surface area contributed by atoms with Gasteiger partial charge in [-0.1, -0.05) is 0 Å². The van der Waals surface area contributed by atoms with Crippen LogP contribution in [0.1, 0.15) is 34.1 Å². The van der Waals surface area contributed by atoms with Gasteiger partial charge in [0.15, 0.2) is 0 Å². The van der Waals surface area contributed by atoms with Crippen molar-refractivity contribution in [3.05, 3.63) is 0 Å². The van der Waals surface area contributed by atoms with Gasteiger partial charge < -0.3 is 14.6 Å². The van der Waals surface area contributed by atoms with E-state index in [1.165, 1.54) is 0 Å². The summed E-state index contributed by atoms with van der Waals surface area (Å²) in [4.78, 5) is 13.4. The predicted molar refractivity (Wildman–Crippen MR) is 66.6 cm³/mol. The van der Waals surface area contributed by atoms with Gasteiger partial charge in [-0.05, 0) is 34.1 Å². The molecule has 2 atom stereocenters. The van der Waals surface area contributed by atoms with Crippen molar-refractivity contribution < 1.29 is 19.4 Å². The van der Waals surface area contributed by atoms with Crippen LogP contribution >= 0.6 is 0 Å². The maximum atomic E-state index is 11.3. The lowest BCUT2D eigenvalue weighted by molar-refractivity contribution is -0.155. The molecule has 2 fully saturated rings. The van der Waals surface area contributed by atoms with Crippen molar-refractivity contribution in [2.45, 2.75) is 57.4 Å². The molecule has 0 spiro atoms. The number of carboxylic acid groups (broad SMARTS) is 1. The summed E-state index contributed by atoms with van der Waals surface area (Å²) in [6.45, 7) is 9.72. The van der Waals surface area contributed by atoms with Crippen molar-refractivity contribution >= 4 is 5.97 Å². The minimum Gasteiger partial charge on any atom is -0.480 e. The fourth-order valence-corrected chi connectivity index (χ4v) is 3.25. The molecule has 1 N–H and O–H groups in total. The van der Waals surface area contributed by atoms with E-state index in [4.69, 9.17) is 9.47 Å². The number of aliphatic carboxylic acids is 1. The van der Waals surface area contributed by atoms with E-state index in [1.807, 2.05) is 18.7 Å². The summed E-state index contributed by atoms with van der Waals surface area (Å²) in [6.07, 6.45) is 0.851. The summed E-state index contributed by atoms with van der Waals surface area (Å²) in [5, 5.41) is 9.31. The number of nitrogens with zero attached hydrogens (tertiary/aromatic N) is 1. The molecule has 2 heterocycles. The zero-order chi connectivity index (χ0) is 13.6. The molecular formula is C13H23NO4. The van der Waals surface area contributed by atoms with Gasteiger partial charge in [0.1, 0.15) is 6.04 Å². The van der Waals surface area contributed by atoms with Crippen LogP contribution in [0.15, 0.2) is 0 Å². The SMILES string of the molecule is CC1(C)CC(N2CCOCC2C(=O)O)C(C)(C)O1. The van der Waals surface area contributed by atoms with Crippen LogP contribution in [0.2, 0.25) is 0 Å². The number of rotatable bonds is 2. The largest absolute Gasteiger partial charge is 0.480 e. The van der Waals surface area contributed by atoms with Gasteiger partial charge >= 0.3 is 5.97 Å². The maximum absolute atomic E-state index is 11.3. The van der Waals surface area contributed by atoms with Gasteiger partial charge in [-0.25, -0.2) is 0 Å². The molecule has 18 heavy (non-hydrogen) atoms. The molecular weight excluding hydrogens is 234 g/mol. The van der Waals surface area contributed by atoms with E-state index in [2.05, 4.69) is 13.8 Å². The first-order chi connectivity index (χ1) is 8.23. The monoisotopic (exact) mass is 257 g/mol. The van der Waals surface area contributed by atoms with E-state index in [9.17, 15) is 9.90 Å². The van der Waals surface area contributed by atoms with Crippen LogP contribution in [0.5, 0.6) is 0 Å². The third-order valence-electron chi connectivity index (χ3n) is 3.88. The molecule has 0 saturated carbocycles. The van der Waals surface area contributed by atoms with Crippen molar-refractivity contribution in [2.24, 2.45) is 0 Å². The molecule has 2 unspecified atom stereocenters. The zero-order valence-electron chi connectivity index (χ0n) is 11.6. The van der Waals surface area contributed by atoms with E-state index in [0.717, 1.165) is 6.42 Å². The van der Waals surface area contributed by atoms with Crippen LogP contribution < -0.4 is 0 Å². The fraction of sp³-hybridized carbons (Fsp3) is 0.923. The first-order valence-electron chi connectivity index (χ1n) is 6.49. The molecule has 0 radical (unpaired) electrons. The van der Waals surface area contributed by atoms with Gasteiger partial charge in [0, 0.05) is 12.6 Å². The summed E-state index contributed by atoms with van der Waals surface area (Å²) in [5.74, 6) is -0.810. The average molecular weight is 257 g/mol. The van der Waals surface area contributed by atoms with Gasteiger partial charge in [-0.3, -0.25) is 9.69 Å². The Morgan fingerprint density at radius 1 is 1.33 bits per heavy atom. The van der Waals surface area contributed by atoms with Crippen molar-refractivity contribution in [3.8, 4) is 0 Å². The third-order valence-corrected chi connectivity index (χ3v) is 3.88. The standard InChI is InChI=1S/C13H23NO4/c1-12(2)7-10(13(3,4)18-12)14-5-6-17-8-9(14)11(15)16/h9-10H,5-8H2,1-4H3,(H,15,16). The Labute approximate surface area is 108 Å². The zero-order valence-corrected chi connectivity index (χ0v) is 11.6. The predicted octanol–water partition coefficient (Wildman–Crippen LogP) is 1.12. The molecule has 2 saturated heterocycles. The first kappa shape index (κ1) is 13.8. The number of hydrogen-bond donors (Lipinski definition) is 1. The van der Waals surface area contributed by atoms with Crippen LogP contribution in [0.4, 0.5) is 0 Å². The molecule has 0 amide bonds. The van der Waals surface area contributed by atoms with Crippen molar-refractivity contribution in [1.29, 1.82) is 0 Å². The molecule has 2 aliphatic heterocycles. The second-order valence-corrected chi connectivity index (χ2v) is 6.35. The number of carbonyl (C=O) groups is 1. The molecule has 0 aromatic carbocycles. The summed E-state index contributed by atoms with van der Waals surface area (Å²) in [5.41, 5.74) is -0.524. The van der Waals surface area contributed by atoms with Gasteiger partial charge in [-0.15, -0.1) is 0 Å². The van der Waals surface area contributed by atoms with Crippen molar-refractivity contribution in [2.75, 3.05) is 19.8 Å². The minimum absolute atomic E-state index is 0.123. The molecule has 0 aliphatic carbocycles. The van der Waals surface area contributed by atoms with Crippen LogP contribution in [0.25, 0.3) is 0 Å². The Balaban J connectivity index is 2.21. The summed E-state index contributed by atoms with van der Waals surface area (Å²) >= 11 is 0. The summed E-state index contributed by atoms with van der Waals surface area (Å²) < 4.78 is 11.3. The second kappa shape index (κ2) is 4.47. The molecule has 5 heteroatoms. The molecule has 2 aliphatic rings. The van der Waals surface area contributed by atoms with Crippen LogP contribution in [0.3, 0.4) is 0 Å². The lowest BCUT2D eigenvalue weighted by Gasteiger charge is -2.41. The number of ether oxygens (including phenoxy) is 2. The van der Waals surface area contributed by atoms with E-state index in [0.29, 0.717) is 13.2 Å². The second-order valence-electron chi connectivity index (χ2n) is 6.35. The van der Waals surface area contributed by atoms with Gasteiger partial charge in [-0.2, -0.15) is 0 Å². The molecule has 0 bridgehead atoms. The highest BCUT2D eigenvalue weighted by Gasteiger charge is 2.51. The number of hydrogen-bond acceptors (Lipinski definition) is 4. The van der Waals surface area contributed by atoms with Crippen molar-refractivity contribution in [3.63, 3.8) is 0 Å². The Morgan fingerprint density at radius 3 is 2.50 bits per heavy atom. The van der Waals surface area contributed by atoms with Gasteiger partial charge in [0.25, 0.3) is 0 Å². The van der Waals surface area contributed by atoms with Crippen LogP contribution in [-0.4, -0.2) is 59.0 Å². The summed E-state index contributed by atoms with van der Waals surface area (Å²) in [6, 6.07) is -0.432. The highest BCUT2D eigenvalue weighted by Crippen LogP contribution is 2.41. The fourth-order valence-electron chi connectivity index (χ4n) is 3.25. The van der Waals surface area contributed by atoms with Gasteiger partial charge in [0.2, 0.25) is 0 Å². The van der Waals surface area contributed by atoms with E-state index >= 15 is 0 Å². The van der Waals surface area contributed by atoms with Crippen LogP contribution in [-0.2, 0) is 14.3 Å². The molecule has 0 aromatic rings. The van der Waals surface area contributed by atoms with Crippen LogP contribution in [0, 0.1) is 0 Å². The maximum Gasteiger partial charge on any atom is 0.323 e. The molecule has 5 nitrogen and oxygen atoms in total. The van der Waals surface area contributed by atoms with Gasteiger partial charge in [0.05, 0.1) is 24.4 Å². The normalized spacial score (nSPS) is 35.6. The Bertz CT molecular complexity index is 340. The Morgan fingerprint density at radius 2 is 2.00 bits per heavy atom. The highest BCUT2D eigenvalue weighted by molar-refractivity contribution is 5.73. The smallest absolute Gasteiger partial charge is 0.323 e. The Hall–Kier alpha value is -0.650. The average Bonchev–Trinajstić information content (AvgIpc) is 2.46. The van der Waals surface area contributed by atoms with E-state index in [1.54, 1.807) is 0 Å². The lowest BCUT2D eigenvalue weighted by atomic mass is 9.91. The summed E-state index contributed by atoms with van der Waals surface area (Å²) in [7, 11) is 0. The molecule has 2 rings (SSSR count). The minimum atomic E-state index is -0.810. The topological polar surface area (TPSA) is 59.0 Å². The highest BCUT2D eigenvalue weighted by atomic mass is 16.5. The molecule has 104 valence electrons. The van der Waals surface area contributed by atoms with E-state index in [-0.39, 0.29) is 23.9 Å². The number of morpholine rings is 1. The number of carboxylic acids is 1. The quantitative estimate of drug-likeness (QED) is 0.803.